The molecule has 4 N–H and O–H groups in total. The van der Waals surface area contributed by atoms with Gasteiger partial charge in [-0.25, -0.2) is 4.39 Å². The summed E-state index contributed by atoms with van der Waals surface area (Å²) in [4.78, 5) is 40.2. The van der Waals surface area contributed by atoms with E-state index in [-0.39, 0.29) is 41.2 Å². The van der Waals surface area contributed by atoms with Crippen LogP contribution in [0.5, 0.6) is 0 Å². The number of anilines is 1. The topological polar surface area (TPSA) is 130 Å². The molecule has 2 amide bonds. The number of nitrogens with one attached hydrogen (secondary N) is 1. The SMILES string of the molecule is NC(=O)c1nn(CC(=O)C2[C@@H](C(=O)Nc3cccc(Br)c3F)C[C@@]3(CO)C[N@]23)c2ccccc12. The third kappa shape index (κ3) is 3.60. The molecule has 2 aromatic carbocycles. The molecule has 0 bridgehead atoms. The number of nitrogens with two attached hydrogens (primary N) is 1. The summed E-state index contributed by atoms with van der Waals surface area (Å²) < 4.78 is 16.0. The van der Waals surface area contributed by atoms with Crippen LogP contribution in [0.1, 0.15) is 16.9 Å². The number of aliphatic hydroxyl groups is 1. The second-order valence-corrected chi connectivity index (χ2v) is 9.56. The molecule has 34 heavy (non-hydrogen) atoms. The second kappa shape index (κ2) is 8.26. The molecule has 2 aliphatic heterocycles. The summed E-state index contributed by atoms with van der Waals surface area (Å²) in [6.07, 6.45) is 0.272. The van der Waals surface area contributed by atoms with Gasteiger partial charge in [0, 0.05) is 11.9 Å². The molecule has 4 atom stereocenters. The van der Waals surface area contributed by atoms with Gasteiger partial charge in [-0.3, -0.25) is 24.0 Å². The molecule has 3 aromatic rings. The van der Waals surface area contributed by atoms with Crippen molar-refractivity contribution >= 4 is 50.1 Å². The van der Waals surface area contributed by atoms with Gasteiger partial charge < -0.3 is 16.2 Å². The van der Waals surface area contributed by atoms with E-state index in [0.717, 1.165) is 0 Å². The Balaban J connectivity index is 1.43. The standard InChI is InChI=1S/C23H21BrFN5O4/c24-14-5-3-6-15(18(14)25)27-22(34)13-8-23(11-31)10-29(23)20(13)17(32)9-30-16-7-2-1-4-12(16)19(28-30)21(26)33/h1-7,13,20,31H,8-11H2,(H2,26,33)(H,27,34)/t13-,20?,23-,29+/m0/s1. The van der Waals surface area contributed by atoms with E-state index in [4.69, 9.17) is 5.73 Å². The predicted molar refractivity (Wildman–Crippen MR) is 124 cm³/mol. The number of ketones is 1. The fourth-order valence-corrected chi connectivity index (χ4v) is 5.30. The van der Waals surface area contributed by atoms with E-state index in [9.17, 15) is 23.9 Å². The number of carbonyl (C=O) groups is 3. The molecule has 2 fully saturated rings. The maximum absolute atomic E-state index is 14.4. The first-order valence-corrected chi connectivity index (χ1v) is 11.5. The van der Waals surface area contributed by atoms with Gasteiger partial charge in [-0.1, -0.05) is 24.3 Å². The Morgan fingerprint density at radius 2 is 2.00 bits per heavy atom. The molecule has 0 aliphatic carbocycles. The number of para-hydroxylation sites is 1. The first kappa shape index (κ1) is 22.6. The Morgan fingerprint density at radius 1 is 1.24 bits per heavy atom. The number of rotatable bonds is 7. The van der Waals surface area contributed by atoms with Crippen molar-refractivity contribution in [1.29, 1.82) is 0 Å². The van der Waals surface area contributed by atoms with Crippen LogP contribution in [0.25, 0.3) is 10.9 Å². The fourth-order valence-electron chi connectivity index (χ4n) is 4.93. The largest absolute Gasteiger partial charge is 0.394 e. The Morgan fingerprint density at radius 3 is 2.74 bits per heavy atom. The highest BCUT2D eigenvalue weighted by Crippen LogP contribution is 2.50. The van der Waals surface area contributed by atoms with Crippen molar-refractivity contribution in [1.82, 2.24) is 14.7 Å². The number of aromatic nitrogens is 2. The number of Topliss-reactive ketones (excluding diaryl/α,β-unsaturated/α-hetero) is 1. The Labute approximate surface area is 201 Å². The summed E-state index contributed by atoms with van der Waals surface area (Å²) in [5.74, 6) is -2.91. The summed E-state index contributed by atoms with van der Waals surface area (Å²) in [5.41, 5.74) is 5.44. The number of primary amides is 1. The maximum atomic E-state index is 14.4. The Bertz CT molecular complexity index is 1340. The molecule has 3 heterocycles. The van der Waals surface area contributed by atoms with E-state index >= 15 is 0 Å². The van der Waals surface area contributed by atoms with Gasteiger partial charge in [-0.05, 0) is 40.5 Å². The van der Waals surface area contributed by atoms with Crippen LogP contribution in [0.2, 0.25) is 0 Å². The number of hydrogen-bond acceptors (Lipinski definition) is 6. The van der Waals surface area contributed by atoms with Crippen molar-refractivity contribution in [2.45, 2.75) is 24.5 Å². The molecule has 176 valence electrons. The van der Waals surface area contributed by atoms with Crippen LogP contribution < -0.4 is 11.1 Å². The molecular weight excluding hydrogens is 509 g/mol. The average molecular weight is 530 g/mol. The summed E-state index contributed by atoms with van der Waals surface area (Å²) in [6.45, 7) is 0.106. The third-order valence-corrected chi connectivity index (χ3v) is 7.27. The van der Waals surface area contributed by atoms with E-state index in [1.807, 2.05) is 0 Å². The second-order valence-electron chi connectivity index (χ2n) is 8.71. The highest BCUT2D eigenvalue weighted by Gasteiger charge is 2.66. The maximum Gasteiger partial charge on any atom is 0.269 e. The lowest BCUT2D eigenvalue weighted by Gasteiger charge is -2.21. The number of aliphatic hydroxyl groups excluding tert-OH is 1. The molecule has 0 saturated carbocycles. The summed E-state index contributed by atoms with van der Waals surface area (Å²) in [5, 5.41) is 17.3. The molecule has 9 nitrogen and oxygen atoms in total. The molecule has 0 radical (unpaired) electrons. The quantitative estimate of drug-likeness (QED) is 0.399. The molecule has 5 rings (SSSR count). The first-order valence-electron chi connectivity index (χ1n) is 10.7. The van der Waals surface area contributed by atoms with Crippen LogP contribution in [-0.2, 0) is 16.1 Å². The van der Waals surface area contributed by atoms with Gasteiger partial charge in [0.05, 0.1) is 39.8 Å². The normalized spacial score (nSPS) is 25.2. The lowest BCUT2D eigenvalue weighted by molar-refractivity contribution is -0.129. The zero-order valence-corrected chi connectivity index (χ0v) is 19.5. The van der Waals surface area contributed by atoms with Crippen molar-refractivity contribution in [2.75, 3.05) is 18.5 Å². The zero-order valence-electron chi connectivity index (χ0n) is 17.9. The number of amides is 2. The van der Waals surface area contributed by atoms with Crippen molar-refractivity contribution in [3.8, 4) is 0 Å². The van der Waals surface area contributed by atoms with E-state index in [1.165, 1.54) is 16.8 Å². The van der Waals surface area contributed by atoms with Gasteiger partial charge in [0.2, 0.25) is 5.91 Å². The number of benzene rings is 2. The predicted octanol–water partition coefficient (Wildman–Crippen LogP) is 1.68. The van der Waals surface area contributed by atoms with Gasteiger partial charge in [0.15, 0.2) is 17.3 Å². The zero-order chi connectivity index (χ0) is 24.2. The van der Waals surface area contributed by atoms with Gasteiger partial charge in [0.1, 0.15) is 6.54 Å². The average Bonchev–Trinajstić information content (AvgIpc) is 3.24. The smallest absolute Gasteiger partial charge is 0.269 e. The monoisotopic (exact) mass is 529 g/mol. The molecular formula is C23H21BrFN5O4. The molecule has 0 spiro atoms. The number of piperidine rings is 1. The molecule has 2 saturated heterocycles. The molecule has 1 aromatic heterocycles. The lowest BCUT2D eigenvalue weighted by Crippen LogP contribution is -2.41. The minimum absolute atomic E-state index is 0.00312. The van der Waals surface area contributed by atoms with Crippen LogP contribution in [0.15, 0.2) is 46.9 Å². The number of nitrogens with zero attached hydrogens (tertiary/aromatic N) is 3. The van der Waals surface area contributed by atoms with Crippen molar-refractivity contribution in [3.63, 3.8) is 0 Å². The highest BCUT2D eigenvalue weighted by atomic mass is 79.9. The van der Waals surface area contributed by atoms with E-state index in [0.29, 0.717) is 17.4 Å². The Hall–Kier alpha value is -3.15. The van der Waals surface area contributed by atoms with E-state index < -0.39 is 35.1 Å². The lowest BCUT2D eigenvalue weighted by atomic mass is 9.90. The number of fused-ring (bicyclic) bond motifs is 2. The van der Waals surface area contributed by atoms with E-state index in [1.54, 1.807) is 35.2 Å². The molecule has 2 aliphatic rings. The van der Waals surface area contributed by atoms with Crippen LogP contribution in [-0.4, -0.2) is 62.1 Å². The molecule has 11 heteroatoms. The summed E-state index contributed by atoms with van der Waals surface area (Å²) in [7, 11) is 0. The highest BCUT2D eigenvalue weighted by molar-refractivity contribution is 9.10. The minimum Gasteiger partial charge on any atom is -0.394 e. The Kier molecular flexibility index (Phi) is 5.50. The third-order valence-electron chi connectivity index (χ3n) is 6.65. The van der Waals surface area contributed by atoms with Gasteiger partial charge in [-0.2, -0.15) is 5.10 Å². The van der Waals surface area contributed by atoms with Crippen LogP contribution in [0, 0.1) is 11.7 Å². The van der Waals surface area contributed by atoms with Gasteiger partial charge >= 0.3 is 0 Å². The molecule has 1 unspecified atom stereocenters. The van der Waals surface area contributed by atoms with Gasteiger partial charge in [-0.15, -0.1) is 0 Å². The van der Waals surface area contributed by atoms with E-state index in [2.05, 4.69) is 26.3 Å². The summed E-state index contributed by atoms with van der Waals surface area (Å²) >= 11 is 3.10. The van der Waals surface area contributed by atoms with Crippen LogP contribution >= 0.6 is 15.9 Å². The number of halogens is 2. The van der Waals surface area contributed by atoms with Crippen LogP contribution in [0.3, 0.4) is 0 Å². The first-order chi connectivity index (χ1) is 16.3. The fraction of sp³-hybridized carbons (Fsp3) is 0.304. The number of hydrogen-bond donors (Lipinski definition) is 3. The van der Waals surface area contributed by atoms with Gasteiger partial charge in [0.25, 0.3) is 5.91 Å². The van der Waals surface area contributed by atoms with Crippen molar-refractivity contribution in [3.05, 3.63) is 58.4 Å². The minimum atomic E-state index is -0.817. The number of carbonyl (C=O) groups excluding carboxylic acids is 3. The summed E-state index contributed by atoms with van der Waals surface area (Å²) in [6, 6.07) is 10.7. The van der Waals surface area contributed by atoms with Crippen LogP contribution in [0.4, 0.5) is 10.1 Å². The van der Waals surface area contributed by atoms with Crippen molar-refractivity contribution in [2.24, 2.45) is 11.7 Å². The van der Waals surface area contributed by atoms with Crippen molar-refractivity contribution < 1.29 is 23.9 Å².